The molecular formula is C14H18ClNOS. The highest BCUT2D eigenvalue weighted by Gasteiger charge is 2.26. The fraction of sp³-hybridized carbons (Fsp3) is 0.643. The van der Waals surface area contributed by atoms with Gasteiger partial charge in [0.15, 0.2) is 0 Å². The Labute approximate surface area is 117 Å². The number of carbonyl (C=O) groups is 1. The van der Waals surface area contributed by atoms with Crippen LogP contribution in [0.2, 0.25) is 0 Å². The van der Waals surface area contributed by atoms with Gasteiger partial charge in [0.05, 0.1) is 10.3 Å². The number of alkyl halides is 1. The van der Waals surface area contributed by atoms with Crippen molar-refractivity contribution in [2.24, 2.45) is 0 Å². The van der Waals surface area contributed by atoms with Crippen LogP contribution in [0.3, 0.4) is 0 Å². The second-order valence-electron chi connectivity index (χ2n) is 5.29. The highest BCUT2D eigenvalue weighted by Crippen LogP contribution is 2.31. The van der Waals surface area contributed by atoms with Crippen LogP contribution in [0, 0.1) is 0 Å². The van der Waals surface area contributed by atoms with Crippen LogP contribution in [-0.2, 0) is 12.8 Å². The summed E-state index contributed by atoms with van der Waals surface area (Å²) in [5.74, 6) is 0.0759. The van der Waals surface area contributed by atoms with E-state index >= 15 is 0 Å². The van der Waals surface area contributed by atoms with Crippen LogP contribution in [0.15, 0.2) is 6.07 Å². The first-order valence-corrected chi connectivity index (χ1v) is 8.06. The van der Waals surface area contributed by atoms with Gasteiger partial charge in [-0.25, -0.2) is 0 Å². The van der Waals surface area contributed by atoms with E-state index in [0.29, 0.717) is 0 Å². The molecule has 0 aliphatic heterocycles. The van der Waals surface area contributed by atoms with Crippen molar-refractivity contribution in [3.05, 3.63) is 21.4 Å². The molecule has 0 spiro atoms. The Morgan fingerprint density at radius 1 is 1.28 bits per heavy atom. The Bertz CT molecular complexity index is 435. The fourth-order valence-electron chi connectivity index (χ4n) is 2.93. The second kappa shape index (κ2) is 5.22. The van der Waals surface area contributed by atoms with Crippen LogP contribution in [-0.4, -0.2) is 17.3 Å². The molecule has 0 bridgehead atoms. The van der Waals surface area contributed by atoms with Gasteiger partial charge in [0.1, 0.15) is 0 Å². The number of aryl methyl sites for hydroxylation is 2. The second-order valence-corrected chi connectivity index (χ2v) is 6.99. The summed E-state index contributed by atoms with van der Waals surface area (Å²) in [5.41, 5.74) is 1.39. The lowest BCUT2D eigenvalue weighted by Crippen LogP contribution is -2.42. The van der Waals surface area contributed by atoms with E-state index in [1.807, 2.05) is 0 Å². The van der Waals surface area contributed by atoms with Crippen molar-refractivity contribution in [2.75, 3.05) is 0 Å². The zero-order valence-corrected chi connectivity index (χ0v) is 11.9. The Morgan fingerprint density at radius 3 is 2.89 bits per heavy atom. The molecule has 2 aliphatic carbocycles. The number of amides is 1. The summed E-state index contributed by atoms with van der Waals surface area (Å²) in [7, 11) is 0. The summed E-state index contributed by atoms with van der Waals surface area (Å²) in [6.07, 6.45) is 7.94. The van der Waals surface area contributed by atoms with Crippen molar-refractivity contribution in [2.45, 2.75) is 56.4 Å². The van der Waals surface area contributed by atoms with Crippen LogP contribution in [0.1, 0.15) is 52.2 Å². The van der Waals surface area contributed by atoms with Crippen LogP contribution in [0.4, 0.5) is 0 Å². The largest absolute Gasteiger partial charge is 0.347 e. The topological polar surface area (TPSA) is 29.1 Å². The van der Waals surface area contributed by atoms with E-state index in [1.54, 1.807) is 11.3 Å². The van der Waals surface area contributed by atoms with Gasteiger partial charge in [-0.1, -0.05) is 12.8 Å². The zero-order chi connectivity index (χ0) is 12.5. The third kappa shape index (κ3) is 2.43. The summed E-state index contributed by atoms with van der Waals surface area (Å²) < 4.78 is 0. The molecule has 0 radical (unpaired) electrons. The maximum atomic E-state index is 12.2. The maximum Gasteiger partial charge on any atom is 0.261 e. The van der Waals surface area contributed by atoms with Gasteiger partial charge in [-0.3, -0.25) is 4.79 Å². The third-order valence-electron chi connectivity index (χ3n) is 3.97. The normalized spacial score (nSPS) is 26.9. The molecule has 1 amide bonds. The number of hydrogen-bond donors (Lipinski definition) is 1. The van der Waals surface area contributed by atoms with E-state index in [-0.39, 0.29) is 17.3 Å². The molecule has 0 saturated heterocycles. The van der Waals surface area contributed by atoms with Crippen LogP contribution < -0.4 is 5.32 Å². The SMILES string of the molecule is O=C(NC1CCCCC1Cl)c1cc2c(s1)CCC2. The smallest absolute Gasteiger partial charge is 0.261 e. The molecule has 1 heterocycles. The summed E-state index contributed by atoms with van der Waals surface area (Å²) >= 11 is 7.94. The Morgan fingerprint density at radius 2 is 2.11 bits per heavy atom. The van der Waals surface area contributed by atoms with Crippen LogP contribution in [0.5, 0.6) is 0 Å². The van der Waals surface area contributed by atoms with Gasteiger partial charge in [0.2, 0.25) is 0 Å². The summed E-state index contributed by atoms with van der Waals surface area (Å²) in [6.45, 7) is 0. The van der Waals surface area contributed by atoms with Gasteiger partial charge in [0, 0.05) is 10.9 Å². The monoisotopic (exact) mass is 283 g/mol. The zero-order valence-electron chi connectivity index (χ0n) is 10.4. The number of thiophene rings is 1. The lowest BCUT2D eigenvalue weighted by Gasteiger charge is -2.27. The first-order valence-electron chi connectivity index (χ1n) is 6.80. The minimum Gasteiger partial charge on any atom is -0.347 e. The molecule has 1 saturated carbocycles. The molecule has 1 N–H and O–H groups in total. The first kappa shape index (κ1) is 12.5. The Kier molecular flexibility index (Phi) is 3.62. The van der Waals surface area contributed by atoms with Crippen molar-refractivity contribution in [3.63, 3.8) is 0 Å². The molecule has 1 aromatic rings. The minimum atomic E-state index is 0.0759. The lowest BCUT2D eigenvalue weighted by atomic mass is 9.95. The van der Waals surface area contributed by atoms with Gasteiger partial charge in [-0.2, -0.15) is 0 Å². The molecule has 2 unspecified atom stereocenters. The number of carbonyl (C=O) groups excluding carboxylic acids is 1. The quantitative estimate of drug-likeness (QED) is 0.827. The molecular weight excluding hydrogens is 266 g/mol. The van der Waals surface area contributed by atoms with Gasteiger partial charge in [-0.15, -0.1) is 22.9 Å². The van der Waals surface area contributed by atoms with Gasteiger partial charge >= 0.3 is 0 Å². The van der Waals surface area contributed by atoms with Crippen molar-refractivity contribution in [1.82, 2.24) is 5.32 Å². The predicted molar refractivity (Wildman–Crippen MR) is 75.7 cm³/mol. The van der Waals surface area contributed by atoms with E-state index in [1.165, 1.54) is 29.7 Å². The van der Waals surface area contributed by atoms with Gasteiger partial charge in [0.25, 0.3) is 5.91 Å². The molecule has 3 rings (SSSR count). The average Bonchev–Trinajstić information content (AvgIpc) is 2.92. The minimum absolute atomic E-state index is 0.0759. The number of fused-ring (bicyclic) bond motifs is 1. The fourth-order valence-corrected chi connectivity index (χ4v) is 4.43. The van der Waals surface area contributed by atoms with Crippen molar-refractivity contribution in [3.8, 4) is 0 Å². The molecule has 4 heteroatoms. The van der Waals surface area contributed by atoms with Crippen LogP contribution >= 0.6 is 22.9 Å². The summed E-state index contributed by atoms with van der Waals surface area (Å²) in [6, 6.07) is 2.24. The summed E-state index contributed by atoms with van der Waals surface area (Å²) in [5, 5.41) is 3.22. The molecule has 1 aromatic heterocycles. The number of halogens is 1. The van der Waals surface area contributed by atoms with Crippen LogP contribution in [0.25, 0.3) is 0 Å². The highest BCUT2D eigenvalue weighted by atomic mass is 35.5. The molecule has 2 aliphatic rings. The number of nitrogens with one attached hydrogen (secondary N) is 1. The molecule has 2 nitrogen and oxygen atoms in total. The first-order chi connectivity index (χ1) is 8.74. The van der Waals surface area contributed by atoms with E-state index < -0.39 is 0 Å². The molecule has 18 heavy (non-hydrogen) atoms. The van der Waals surface area contributed by atoms with Gasteiger partial charge in [-0.05, 0) is 43.7 Å². The molecule has 1 fully saturated rings. The molecule has 2 atom stereocenters. The average molecular weight is 284 g/mol. The number of rotatable bonds is 2. The molecule has 98 valence electrons. The molecule has 0 aromatic carbocycles. The summed E-state index contributed by atoms with van der Waals surface area (Å²) in [4.78, 5) is 14.5. The van der Waals surface area contributed by atoms with Gasteiger partial charge < -0.3 is 5.32 Å². The Balaban J connectivity index is 1.66. The Hall–Kier alpha value is -0.540. The lowest BCUT2D eigenvalue weighted by molar-refractivity contribution is 0.0932. The van der Waals surface area contributed by atoms with Crippen molar-refractivity contribution in [1.29, 1.82) is 0 Å². The van der Waals surface area contributed by atoms with E-state index in [2.05, 4.69) is 11.4 Å². The van der Waals surface area contributed by atoms with E-state index in [9.17, 15) is 4.79 Å². The maximum absolute atomic E-state index is 12.2. The highest BCUT2D eigenvalue weighted by molar-refractivity contribution is 7.14. The van der Waals surface area contributed by atoms with E-state index in [4.69, 9.17) is 11.6 Å². The predicted octanol–water partition coefficient (Wildman–Crippen LogP) is 3.52. The number of hydrogen-bond acceptors (Lipinski definition) is 2. The standard InChI is InChI=1S/C14H18ClNOS/c15-10-5-1-2-6-11(10)16-14(17)13-8-9-4-3-7-12(9)18-13/h8,10-11H,1-7H2,(H,16,17). The van der Waals surface area contributed by atoms with E-state index in [0.717, 1.165) is 30.6 Å². The van der Waals surface area contributed by atoms with Crippen molar-refractivity contribution < 1.29 is 4.79 Å². The third-order valence-corrected chi connectivity index (χ3v) is 5.73. The van der Waals surface area contributed by atoms with Crippen molar-refractivity contribution >= 4 is 28.8 Å².